The summed E-state index contributed by atoms with van der Waals surface area (Å²) in [6.07, 6.45) is 0.511. The number of benzene rings is 1. The molecule has 1 fully saturated rings. The SMILES string of the molecule is CCCCOC[C@H]1O[C@@](OCCCC)(C(F)(F)CC(NC(=O)OCc2ccccc2)C(=O)OCC)[C@H](OCCCC)[C@@H](OCCCC)[C@H]1OCCCC. The molecule has 1 aliphatic rings. The van der Waals surface area contributed by atoms with Crippen molar-refractivity contribution >= 4 is 12.1 Å². The van der Waals surface area contributed by atoms with E-state index in [4.69, 9.17) is 37.9 Å². The highest BCUT2D eigenvalue weighted by Crippen LogP contribution is 2.48. The third-order valence-electron chi connectivity index (χ3n) is 8.89. The molecule has 13 heteroatoms. The lowest BCUT2D eigenvalue weighted by molar-refractivity contribution is -0.435. The van der Waals surface area contributed by atoms with Crippen LogP contribution in [0.5, 0.6) is 0 Å². The molecule has 0 spiro atoms. The fraction of sp³-hybridized carbons (Fsp3) is 0.800. The first-order valence-corrected chi connectivity index (χ1v) is 19.9. The fourth-order valence-corrected chi connectivity index (χ4v) is 5.83. The van der Waals surface area contributed by atoms with E-state index >= 15 is 8.78 Å². The molecule has 0 radical (unpaired) electrons. The van der Waals surface area contributed by atoms with Crippen LogP contribution >= 0.6 is 0 Å². The lowest BCUT2D eigenvalue weighted by Gasteiger charge is -2.54. The predicted molar refractivity (Wildman–Crippen MR) is 198 cm³/mol. The number of rotatable bonds is 29. The minimum Gasteiger partial charge on any atom is -0.464 e. The maximum absolute atomic E-state index is 17.6. The van der Waals surface area contributed by atoms with Crippen LogP contribution in [0.2, 0.25) is 0 Å². The molecule has 1 saturated heterocycles. The standard InChI is InChI=1S/C40H67F2NO10/c1-7-13-23-46-30-33-34(48-24-14-8-2)35(49-25-15-9-3)36(50-26-16-10-4)40(53-33,52-27-17-11-5)39(41,42)28-32(37(44)47-12-6)43-38(45)51-29-31-21-19-18-20-22-31/h18-22,32-36H,7-17,23-30H2,1-6H3,(H,43,45)/t32?,33-,34+,35+,36-,40-/m1/s1. The number of carbonyl (C=O) groups is 2. The molecule has 1 aromatic rings. The van der Waals surface area contributed by atoms with Gasteiger partial charge in [-0.15, -0.1) is 0 Å². The van der Waals surface area contributed by atoms with Crippen molar-refractivity contribution in [1.82, 2.24) is 5.32 Å². The number of amides is 1. The summed E-state index contributed by atoms with van der Waals surface area (Å²) in [5.74, 6) is -7.79. The maximum Gasteiger partial charge on any atom is 0.408 e. The van der Waals surface area contributed by atoms with Gasteiger partial charge in [-0.1, -0.05) is 97.1 Å². The van der Waals surface area contributed by atoms with Crippen molar-refractivity contribution in [1.29, 1.82) is 0 Å². The van der Waals surface area contributed by atoms with E-state index in [2.05, 4.69) is 5.32 Å². The van der Waals surface area contributed by atoms with E-state index in [9.17, 15) is 9.59 Å². The largest absolute Gasteiger partial charge is 0.464 e. The molecular weight excluding hydrogens is 692 g/mol. The van der Waals surface area contributed by atoms with Crippen molar-refractivity contribution in [2.24, 2.45) is 0 Å². The van der Waals surface area contributed by atoms with Crippen LogP contribution in [0, 0.1) is 0 Å². The molecule has 2 rings (SSSR count). The zero-order chi connectivity index (χ0) is 39.0. The fourth-order valence-electron chi connectivity index (χ4n) is 5.83. The van der Waals surface area contributed by atoms with Gasteiger partial charge < -0.3 is 43.2 Å². The van der Waals surface area contributed by atoms with Crippen molar-refractivity contribution in [3.8, 4) is 0 Å². The van der Waals surface area contributed by atoms with Crippen molar-refractivity contribution in [2.45, 2.75) is 161 Å². The van der Waals surface area contributed by atoms with Crippen LogP contribution in [-0.2, 0) is 49.3 Å². The average molecular weight is 760 g/mol. The molecule has 0 aliphatic carbocycles. The monoisotopic (exact) mass is 759 g/mol. The first-order chi connectivity index (χ1) is 25.6. The topological polar surface area (TPSA) is 120 Å². The second kappa shape index (κ2) is 26.4. The van der Waals surface area contributed by atoms with Crippen LogP contribution in [0.25, 0.3) is 0 Å². The maximum atomic E-state index is 17.6. The van der Waals surface area contributed by atoms with Gasteiger partial charge in [-0.25, -0.2) is 18.4 Å². The molecule has 1 amide bonds. The summed E-state index contributed by atoms with van der Waals surface area (Å²) in [5.41, 5.74) is 0.684. The minimum absolute atomic E-state index is 0.0631. The van der Waals surface area contributed by atoms with Gasteiger partial charge in [0.25, 0.3) is 5.79 Å². The number of nitrogens with one attached hydrogen (secondary N) is 1. The molecule has 1 N–H and O–H groups in total. The first-order valence-electron chi connectivity index (χ1n) is 19.9. The molecular formula is C40H67F2NO10. The zero-order valence-electron chi connectivity index (χ0n) is 33.0. The van der Waals surface area contributed by atoms with Gasteiger partial charge in [0.2, 0.25) is 0 Å². The Balaban J connectivity index is 2.67. The predicted octanol–water partition coefficient (Wildman–Crippen LogP) is 8.15. The number of alkyl halides is 2. The highest BCUT2D eigenvalue weighted by atomic mass is 19.3. The van der Waals surface area contributed by atoms with Gasteiger partial charge in [0.15, 0.2) is 0 Å². The van der Waals surface area contributed by atoms with E-state index in [1.54, 1.807) is 31.2 Å². The Kier molecular flexibility index (Phi) is 23.3. The number of alkyl carbamates (subject to hydrolysis) is 1. The van der Waals surface area contributed by atoms with Crippen LogP contribution in [0.1, 0.15) is 118 Å². The molecule has 306 valence electrons. The Morgan fingerprint density at radius 2 is 1.34 bits per heavy atom. The highest BCUT2D eigenvalue weighted by Gasteiger charge is 2.70. The smallest absolute Gasteiger partial charge is 0.408 e. The first kappa shape index (κ1) is 46.7. The van der Waals surface area contributed by atoms with Crippen molar-refractivity contribution in [2.75, 3.05) is 46.2 Å². The third kappa shape index (κ3) is 15.3. The number of ether oxygens (including phenoxy) is 8. The molecule has 1 aromatic carbocycles. The Labute approximate surface area is 316 Å². The second-order valence-corrected chi connectivity index (χ2v) is 13.4. The van der Waals surface area contributed by atoms with Crippen molar-refractivity contribution in [3.05, 3.63) is 35.9 Å². The molecule has 1 heterocycles. The van der Waals surface area contributed by atoms with Crippen molar-refractivity contribution in [3.63, 3.8) is 0 Å². The van der Waals surface area contributed by atoms with E-state index < -0.39 is 60.7 Å². The highest BCUT2D eigenvalue weighted by molar-refractivity contribution is 5.81. The number of unbranched alkanes of at least 4 members (excludes halogenated alkanes) is 5. The van der Waals surface area contributed by atoms with E-state index in [1.165, 1.54) is 0 Å². The number of hydrogen-bond acceptors (Lipinski definition) is 10. The normalized spacial score (nSPS) is 22.3. The summed E-state index contributed by atoms with van der Waals surface area (Å²) >= 11 is 0. The summed E-state index contributed by atoms with van der Waals surface area (Å²) in [6, 6.07) is 7.05. The summed E-state index contributed by atoms with van der Waals surface area (Å²) in [7, 11) is 0. The van der Waals surface area contributed by atoms with Gasteiger partial charge in [0.1, 0.15) is 37.1 Å². The van der Waals surface area contributed by atoms with Gasteiger partial charge in [-0.3, -0.25) is 0 Å². The molecule has 0 bridgehead atoms. The molecule has 0 aromatic heterocycles. The van der Waals surface area contributed by atoms with Gasteiger partial charge in [-0.05, 0) is 44.6 Å². The number of carbonyl (C=O) groups excluding carboxylic acids is 2. The van der Waals surface area contributed by atoms with Crippen LogP contribution in [0.4, 0.5) is 13.6 Å². The Hall–Kier alpha value is -2.42. The van der Waals surface area contributed by atoms with Crippen molar-refractivity contribution < 1.29 is 56.3 Å². The molecule has 1 unspecified atom stereocenters. The summed E-state index contributed by atoms with van der Waals surface area (Å²) in [5, 5.41) is 2.33. The van der Waals surface area contributed by atoms with Crippen LogP contribution in [0.15, 0.2) is 30.3 Å². The van der Waals surface area contributed by atoms with E-state index in [0.717, 1.165) is 38.5 Å². The number of esters is 1. The Morgan fingerprint density at radius 1 is 0.774 bits per heavy atom. The third-order valence-corrected chi connectivity index (χ3v) is 8.89. The minimum atomic E-state index is -3.97. The summed E-state index contributed by atoms with van der Waals surface area (Å²) < 4.78 is 83.8. The Morgan fingerprint density at radius 3 is 1.94 bits per heavy atom. The number of halogens is 2. The summed E-state index contributed by atoms with van der Waals surface area (Å²) in [6.45, 7) is 12.3. The Bertz CT molecular complexity index is 1120. The molecule has 53 heavy (non-hydrogen) atoms. The van der Waals surface area contributed by atoms with Crippen LogP contribution < -0.4 is 5.32 Å². The lowest BCUT2D eigenvalue weighted by atomic mass is 9.85. The van der Waals surface area contributed by atoms with Gasteiger partial charge in [0.05, 0.1) is 19.8 Å². The molecule has 6 atom stereocenters. The van der Waals surface area contributed by atoms with Crippen LogP contribution in [-0.4, -0.2) is 100 Å². The molecule has 11 nitrogen and oxygen atoms in total. The van der Waals surface area contributed by atoms with Gasteiger partial charge in [0, 0.05) is 32.8 Å². The van der Waals surface area contributed by atoms with Gasteiger partial charge >= 0.3 is 18.0 Å². The molecule has 1 aliphatic heterocycles. The second-order valence-electron chi connectivity index (χ2n) is 13.4. The molecule has 0 saturated carbocycles. The van der Waals surface area contributed by atoms with E-state index in [0.29, 0.717) is 44.5 Å². The van der Waals surface area contributed by atoms with Gasteiger partial charge in [-0.2, -0.15) is 0 Å². The zero-order valence-corrected chi connectivity index (χ0v) is 33.0. The van der Waals surface area contributed by atoms with E-state index in [-0.39, 0.29) is 39.6 Å². The lowest BCUT2D eigenvalue weighted by Crippen LogP contribution is -2.74. The quantitative estimate of drug-likeness (QED) is 0.0633. The number of hydrogen-bond donors (Lipinski definition) is 1. The van der Waals surface area contributed by atoms with E-state index in [1.807, 2.05) is 40.7 Å². The average Bonchev–Trinajstić information content (AvgIpc) is 3.14. The van der Waals surface area contributed by atoms with Crippen LogP contribution in [0.3, 0.4) is 0 Å². The summed E-state index contributed by atoms with van der Waals surface area (Å²) in [4.78, 5) is 26.3.